The Morgan fingerprint density at radius 2 is 1.70 bits per heavy atom. The molecule has 1 aromatic carbocycles. The molecule has 2 rings (SSSR count). The lowest BCUT2D eigenvalue weighted by atomic mass is 10.1. The number of aryl methyl sites for hydroxylation is 2. The summed E-state index contributed by atoms with van der Waals surface area (Å²) in [6.45, 7) is 9.06. The highest BCUT2D eigenvalue weighted by molar-refractivity contribution is 6.30. The Labute approximate surface area is 128 Å². The van der Waals surface area contributed by atoms with Crippen molar-refractivity contribution in [2.75, 3.05) is 26.2 Å². The minimum absolute atomic E-state index is 0.793. The van der Waals surface area contributed by atoms with Crippen LogP contribution in [0, 0.1) is 13.8 Å². The van der Waals surface area contributed by atoms with Crippen LogP contribution in [0.25, 0.3) is 0 Å². The molecule has 1 fully saturated rings. The molecule has 0 unspecified atom stereocenters. The van der Waals surface area contributed by atoms with Gasteiger partial charge in [0.05, 0.1) is 26.2 Å². The summed E-state index contributed by atoms with van der Waals surface area (Å²) in [7, 11) is 0. The van der Waals surface area contributed by atoms with Crippen LogP contribution in [-0.4, -0.2) is 26.2 Å². The van der Waals surface area contributed by atoms with Crippen LogP contribution in [0.3, 0.4) is 0 Å². The molecule has 0 radical (unpaired) electrons. The predicted molar refractivity (Wildman–Crippen MR) is 85.1 cm³/mol. The lowest BCUT2D eigenvalue weighted by Gasteiger charge is -2.13. The Hall–Kier alpha value is -0.730. The van der Waals surface area contributed by atoms with Gasteiger partial charge in [0.15, 0.2) is 0 Å². The summed E-state index contributed by atoms with van der Waals surface area (Å²) in [6.07, 6.45) is 6.60. The van der Waals surface area contributed by atoms with Crippen LogP contribution >= 0.6 is 11.6 Å². The Balaban J connectivity index is 1.63. The quantitative estimate of drug-likeness (QED) is 0.763. The normalized spacial score (nSPS) is 15.8. The highest BCUT2D eigenvalue weighted by Crippen LogP contribution is 2.27. The first-order valence-corrected chi connectivity index (χ1v) is 8.28. The highest BCUT2D eigenvalue weighted by Gasteiger charge is 2.13. The maximum atomic E-state index is 6.03. The first-order chi connectivity index (χ1) is 9.66. The summed E-state index contributed by atoms with van der Waals surface area (Å²) in [6, 6.07) is 3.95. The molecule has 0 aromatic heterocycles. The van der Waals surface area contributed by atoms with E-state index in [1.165, 1.54) is 45.3 Å². The number of hydrogen-bond donors (Lipinski definition) is 1. The van der Waals surface area contributed by atoms with E-state index in [0.29, 0.717) is 0 Å². The summed E-state index contributed by atoms with van der Waals surface area (Å²) >= 11 is 6.03. The fraction of sp³-hybridized carbons (Fsp3) is 0.647. The highest BCUT2D eigenvalue weighted by atomic mass is 35.5. The van der Waals surface area contributed by atoms with Gasteiger partial charge in [0, 0.05) is 17.9 Å². The Morgan fingerprint density at radius 1 is 1.05 bits per heavy atom. The Kier molecular flexibility index (Phi) is 6.18. The van der Waals surface area contributed by atoms with Gasteiger partial charge in [-0.05, 0) is 56.4 Å². The first-order valence-electron chi connectivity index (χ1n) is 7.90. The Morgan fingerprint density at radius 3 is 2.35 bits per heavy atom. The van der Waals surface area contributed by atoms with Gasteiger partial charge in [-0.25, -0.2) is 0 Å². The lowest BCUT2D eigenvalue weighted by Crippen LogP contribution is -3.09. The molecular formula is C17H27ClNO+. The molecule has 112 valence electrons. The van der Waals surface area contributed by atoms with Crippen molar-refractivity contribution in [1.29, 1.82) is 0 Å². The van der Waals surface area contributed by atoms with Crippen molar-refractivity contribution < 1.29 is 9.64 Å². The van der Waals surface area contributed by atoms with E-state index in [9.17, 15) is 0 Å². The van der Waals surface area contributed by atoms with E-state index in [1.54, 1.807) is 4.90 Å². The molecule has 0 atom stereocenters. The third kappa shape index (κ3) is 4.68. The molecule has 0 amide bonds. The fourth-order valence-electron chi connectivity index (χ4n) is 3.08. The van der Waals surface area contributed by atoms with Crippen LogP contribution in [0.2, 0.25) is 5.02 Å². The number of halogens is 1. The number of ether oxygens (including phenoxy) is 1. The van der Waals surface area contributed by atoms with Crippen LogP contribution in [0.4, 0.5) is 0 Å². The summed E-state index contributed by atoms with van der Waals surface area (Å²) in [5, 5.41) is 0.793. The smallest absolute Gasteiger partial charge is 0.125 e. The van der Waals surface area contributed by atoms with Gasteiger partial charge in [-0.2, -0.15) is 0 Å². The van der Waals surface area contributed by atoms with Crippen LogP contribution in [0.1, 0.15) is 43.2 Å². The monoisotopic (exact) mass is 296 g/mol. The summed E-state index contributed by atoms with van der Waals surface area (Å²) in [5.74, 6) is 1.01. The molecule has 0 saturated carbocycles. The summed E-state index contributed by atoms with van der Waals surface area (Å²) in [4.78, 5) is 1.80. The molecule has 1 aliphatic rings. The summed E-state index contributed by atoms with van der Waals surface area (Å²) < 4.78 is 5.93. The van der Waals surface area contributed by atoms with E-state index in [0.717, 1.165) is 34.9 Å². The third-order valence-corrected chi connectivity index (χ3v) is 4.38. The van der Waals surface area contributed by atoms with Gasteiger partial charge in [0.25, 0.3) is 0 Å². The van der Waals surface area contributed by atoms with Gasteiger partial charge >= 0.3 is 0 Å². The molecule has 1 N–H and O–H groups in total. The number of nitrogens with one attached hydrogen (secondary N) is 1. The number of benzene rings is 1. The predicted octanol–water partition coefficient (Wildman–Crippen LogP) is 3.18. The van der Waals surface area contributed by atoms with Crippen LogP contribution in [-0.2, 0) is 0 Å². The topological polar surface area (TPSA) is 13.7 Å². The van der Waals surface area contributed by atoms with Gasteiger partial charge in [0.1, 0.15) is 5.75 Å². The van der Waals surface area contributed by atoms with E-state index in [4.69, 9.17) is 16.3 Å². The van der Waals surface area contributed by atoms with E-state index in [-0.39, 0.29) is 0 Å². The van der Waals surface area contributed by atoms with Crippen molar-refractivity contribution in [1.82, 2.24) is 0 Å². The van der Waals surface area contributed by atoms with E-state index in [1.807, 2.05) is 12.1 Å². The first kappa shape index (κ1) is 15.7. The molecule has 0 bridgehead atoms. The van der Waals surface area contributed by atoms with E-state index >= 15 is 0 Å². The van der Waals surface area contributed by atoms with Gasteiger partial charge in [-0.15, -0.1) is 0 Å². The largest absolute Gasteiger partial charge is 0.493 e. The second-order valence-electron chi connectivity index (χ2n) is 5.98. The van der Waals surface area contributed by atoms with Gasteiger partial charge in [-0.1, -0.05) is 11.6 Å². The molecule has 2 nitrogen and oxygen atoms in total. The van der Waals surface area contributed by atoms with Crippen molar-refractivity contribution in [3.63, 3.8) is 0 Å². The molecule has 1 aromatic rings. The lowest BCUT2D eigenvalue weighted by molar-refractivity contribution is -0.887. The molecule has 1 saturated heterocycles. The van der Waals surface area contributed by atoms with Crippen molar-refractivity contribution >= 4 is 11.6 Å². The maximum absolute atomic E-state index is 6.03. The third-order valence-electron chi connectivity index (χ3n) is 4.16. The molecule has 0 spiro atoms. The fourth-order valence-corrected chi connectivity index (χ4v) is 3.41. The molecule has 3 heteroatoms. The van der Waals surface area contributed by atoms with E-state index in [2.05, 4.69) is 13.8 Å². The minimum atomic E-state index is 0.793. The van der Waals surface area contributed by atoms with Gasteiger partial charge < -0.3 is 9.64 Å². The average molecular weight is 297 g/mol. The van der Waals surface area contributed by atoms with Crippen LogP contribution in [0.15, 0.2) is 12.1 Å². The molecular weight excluding hydrogens is 270 g/mol. The van der Waals surface area contributed by atoms with Crippen molar-refractivity contribution in [2.45, 2.75) is 46.0 Å². The molecule has 0 aliphatic carbocycles. The van der Waals surface area contributed by atoms with Gasteiger partial charge in [-0.3, -0.25) is 0 Å². The standard InChI is InChI=1S/C17H26ClNO/c1-14-12-16(18)13-15(2)17(14)20-11-7-3-4-8-19-9-5-6-10-19/h12-13H,3-11H2,1-2H3/p+1. The number of likely N-dealkylation sites (tertiary alicyclic amines) is 1. The van der Waals surface area contributed by atoms with Crippen LogP contribution in [0.5, 0.6) is 5.75 Å². The molecule has 20 heavy (non-hydrogen) atoms. The van der Waals surface area contributed by atoms with E-state index < -0.39 is 0 Å². The summed E-state index contributed by atoms with van der Waals surface area (Å²) in [5.41, 5.74) is 2.27. The second-order valence-corrected chi connectivity index (χ2v) is 6.42. The molecule has 1 heterocycles. The number of quaternary nitrogens is 1. The van der Waals surface area contributed by atoms with Crippen molar-refractivity contribution in [2.24, 2.45) is 0 Å². The van der Waals surface area contributed by atoms with Crippen molar-refractivity contribution in [3.8, 4) is 5.75 Å². The van der Waals surface area contributed by atoms with Crippen molar-refractivity contribution in [3.05, 3.63) is 28.3 Å². The van der Waals surface area contributed by atoms with Crippen LogP contribution < -0.4 is 9.64 Å². The average Bonchev–Trinajstić information content (AvgIpc) is 2.89. The Bertz CT molecular complexity index is 404. The SMILES string of the molecule is Cc1cc(Cl)cc(C)c1OCCCCC[NH+]1CCCC1. The second kappa shape index (κ2) is 7.90. The zero-order valence-electron chi connectivity index (χ0n) is 12.8. The minimum Gasteiger partial charge on any atom is -0.493 e. The van der Waals surface area contributed by atoms with Gasteiger partial charge in [0.2, 0.25) is 0 Å². The number of unbranched alkanes of at least 4 members (excludes halogenated alkanes) is 2. The number of hydrogen-bond acceptors (Lipinski definition) is 1. The maximum Gasteiger partial charge on any atom is 0.125 e. The zero-order chi connectivity index (χ0) is 14.4. The molecule has 1 aliphatic heterocycles. The zero-order valence-corrected chi connectivity index (χ0v) is 13.6. The number of rotatable bonds is 7.